The highest BCUT2D eigenvalue weighted by atomic mass is 32.2. The van der Waals surface area contributed by atoms with Crippen molar-refractivity contribution in [1.29, 1.82) is 0 Å². The summed E-state index contributed by atoms with van der Waals surface area (Å²) < 4.78 is 1.83. The maximum absolute atomic E-state index is 5.44. The van der Waals surface area contributed by atoms with E-state index >= 15 is 0 Å². The van der Waals surface area contributed by atoms with Crippen molar-refractivity contribution in [2.24, 2.45) is 5.73 Å². The molecule has 1 aromatic carbocycles. The molecule has 5 heteroatoms. The van der Waals surface area contributed by atoms with Crippen molar-refractivity contribution >= 4 is 11.8 Å². The van der Waals surface area contributed by atoms with Crippen LogP contribution in [-0.2, 0) is 13.1 Å². The second-order valence-corrected chi connectivity index (χ2v) is 4.46. The lowest BCUT2D eigenvalue weighted by Gasteiger charge is -2.01. The molecule has 0 saturated carbocycles. The predicted octanol–water partition coefficient (Wildman–Crippen LogP) is 1.53. The van der Waals surface area contributed by atoms with E-state index in [9.17, 15) is 0 Å². The van der Waals surface area contributed by atoms with Crippen LogP contribution in [0.3, 0.4) is 0 Å². The zero-order valence-corrected chi connectivity index (χ0v) is 9.73. The van der Waals surface area contributed by atoms with Crippen molar-refractivity contribution in [3.05, 3.63) is 42.5 Å². The Morgan fingerprint density at radius 3 is 2.75 bits per heavy atom. The summed E-state index contributed by atoms with van der Waals surface area (Å²) in [4.78, 5) is 5.36. The number of benzene rings is 1. The number of rotatable bonds is 5. The molecule has 0 radical (unpaired) electrons. The molecule has 1 heterocycles. The number of aromatic nitrogens is 3. The smallest absolute Gasteiger partial charge is 0.164 e. The first-order valence-electron chi connectivity index (χ1n) is 5.15. The molecule has 0 atom stereocenters. The Balaban J connectivity index is 1.80. The summed E-state index contributed by atoms with van der Waals surface area (Å²) in [7, 11) is 0. The summed E-state index contributed by atoms with van der Waals surface area (Å²) in [5.41, 5.74) is 5.44. The molecule has 84 valence electrons. The first-order chi connectivity index (χ1) is 7.88. The monoisotopic (exact) mass is 234 g/mol. The van der Waals surface area contributed by atoms with Gasteiger partial charge >= 0.3 is 0 Å². The Morgan fingerprint density at radius 1 is 1.25 bits per heavy atom. The van der Waals surface area contributed by atoms with Crippen LogP contribution < -0.4 is 5.73 Å². The van der Waals surface area contributed by atoms with Gasteiger partial charge in [-0.15, -0.1) is 11.8 Å². The first-order valence-corrected chi connectivity index (χ1v) is 6.13. The van der Waals surface area contributed by atoms with Crippen LogP contribution in [0.1, 0.15) is 5.82 Å². The van der Waals surface area contributed by atoms with E-state index in [1.54, 1.807) is 6.33 Å². The average Bonchev–Trinajstić information content (AvgIpc) is 2.78. The summed E-state index contributed by atoms with van der Waals surface area (Å²) in [6.07, 6.45) is 1.73. The third kappa shape index (κ3) is 3.08. The topological polar surface area (TPSA) is 56.7 Å². The van der Waals surface area contributed by atoms with Gasteiger partial charge in [-0.3, -0.25) is 4.68 Å². The number of thioether (sulfide) groups is 1. The highest BCUT2D eigenvalue weighted by Gasteiger charge is 1.98. The number of aryl methyl sites for hydroxylation is 1. The molecule has 16 heavy (non-hydrogen) atoms. The van der Waals surface area contributed by atoms with Crippen LogP contribution >= 0.6 is 11.8 Å². The summed E-state index contributed by atoms with van der Waals surface area (Å²) in [5, 5.41) is 4.23. The van der Waals surface area contributed by atoms with E-state index in [4.69, 9.17) is 5.73 Å². The summed E-state index contributed by atoms with van der Waals surface area (Å²) in [6, 6.07) is 10.3. The molecule has 0 aliphatic heterocycles. The predicted molar refractivity (Wildman–Crippen MR) is 65.1 cm³/mol. The van der Waals surface area contributed by atoms with Gasteiger partial charge < -0.3 is 5.73 Å². The van der Waals surface area contributed by atoms with Crippen molar-refractivity contribution < 1.29 is 0 Å². The Kier molecular flexibility index (Phi) is 3.96. The van der Waals surface area contributed by atoms with Crippen LogP contribution in [0.2, 0.25) is 0 Å². The fourth-order valence-corrected chi connectivity index (χ4v) is 2.17. The third-order valence-corrected chi connectivity index (χ3v) is 3.09. The molecule has 0 unspecified atom stereocenters. The van der Waals surface area contributed by atoms with Crippen LogP contribution in [0.25, 0.3) is 0 Å². The van der Waals surface area contributed by atoms with E-state index < -0.39 is 0 Å². The van der Waals surface area contributed by atoms with Crippen molar-refractivity contribution in [2.45, 2.75) is 18.0 Å². The highest BCUT2D eigenvalue weighted by Crippen LogP contribution is 2.16. The Morgan fingerprint density at radius 2 is 2.06 bits per heavy atom. The number of nitrogens with zero attached hydrogens (tertiary/aromatic N) is 3. The van der Waals surface area contributed by atoms with Gasteiger partial charge in [-0.1, -0.05) is 18.2 Å². The van der Waals surface area contributed by atoms with Gasteiger partial charge in [-0.05, 0) is 12.1 Å². The zero-order chi connectivity index (χ0) is 11.2. The number of hydrogen-bond acceptors (Lipinski definition) is 4. The van der Waals surface area contributed by atoms with E-state index in [-0.39, 0.29) is 0 Å². The van der Waals surface area contributed by atoms with Crippen molar-refractivity contribution in [3.63, 3.8) is 0 Å². The van der Waals surface area contributed by atoms with Crippen LogP contribution in [0.15, 0.2) is 41.6 Å². The van der Waals surface area contributed by atoms with E-state index in [1.165, 1.54) is 4.90 Å². The molecular weight excluding hydrogens is 220 g/mol. The van der Waals surface area contributed by atoms with Gasteiger partial charge in [0.2, 0.25) is 0 Å². The molecule has 0 aliphatic carbocycles. The van der Waals surface area contributed by atoms with Crippen molar-refractivity contribution in [3.8, 4) is 0 Å². The maximum atomic E-state index is 5.44. The summed E-state index contributed by atoms with van der Waals surface area (Å²) in [6.45, 7) is 1.26. The maximum Gasteiger partial charge on any atom is 0.164 e. The van der Waals surface area contributed by atoms with Crippen molar-refractivity contribution in [1.82, 2.24) is 14.8 Å². The van der Waals surface area contributed by atoms with Crippen LogP contribution in [0.4, 0.5) is 0 Å². The lowest BCUT2D eigenvalue weighted by Crippen LogP contribution is -2.04. The standard InChI is InChI=1S/C11H14N4S/c12-8-11-13-9-15(14-11)6-7-16-10-4-2-1-3-5-10/h1-5,9H,6-8,12H2. The fourth-order valence-electron chi connectivity index (χ4n) is 1.31. The van der Waals surface area contributed by atoms with Gasteiger partial charge in [0, 0.05) is 10.6 Å². The van der Waals surface area contributed by atoms with E-state index in [1.807, 2.05) is 34.6 Å². The van der Waals surface area contributed by atoms with Crippen LogP contribution in [0, 0.1) is 0 Å². The van der Waals surface area contributed by atoms with Gasteiger partial charge in [-0.2, -0.15) is 5.10 Å². The Hall–Kier alpha value is -1.33. The van der Waals surface area contributed by atoms with Gasteiger partial charge in [0.15, 0.2) is 5.82 Å². The first kappa shape index (κ1) is 11.2. The van der Waals surface area contributed by atoms with Gasteiger partial charge in [0.05, 0.1) is 13.1 Å². The highest BCUT2D eigenvalue weighted by molar-refractivity contribution is 7.99. The molecule has 2 N–H and O–H groups in total. The minimum atomic E-state index is 0.402. The molecule has 0 amide bonds. The van der Waals surface area contributed by atoms with E-state index in [0.717, 1.165) is 12.3 Å². The fraction of sp³-hybridized carbons (Fsp3) is 0.273. The molecular formula is C11H14N4S. The molecule has 1 aromatic heterocycles. The largest absolute Gasteiger partial charge is 0.324 e. The molecule has 0 aliphatic rings. The quantitative estimate of drug-likeness (QED) is 0.797. The minimum Gasteiger partial charge on any atom is -0.324 e. The third-order valence-electron chi connectivity index (χ3n) is 2.10. The molecule has 0 bridgehead atoms. The lowest BCUT2D eigenvalue weighted by atomic mass is 10.4. The van der Waals surface area contributed by atoms with Gasteiger partial charge in [0.25, 0.3) is 0 Å². The Labute approximate surface area is 98.9 Å². The van der Waals surface area contributed by atoms with E-state index in [0.29, 0.717) is 12.4 Å². The minimum absolute atomic E-state index is 0.402. The molecule has 0 spiro atoms. The van der Waals surface area contributed by atoms with Gasteiger partial charge in [0.1, 0.15) is 6.33 Å². The normalized spacial score (nSPS) is 10.6. The van der Waals surface area contributed by atoms with Crippen LogP contribution in [0.5, 0.6) is 0 Å². The van der Waals surface area contributed by atoms with Gasteiger partial charge in [-0.25, -0.2) is 4.98 Å². The molecule has 0 saturated heterocycles. The lowest BCUT2D eigenvalue weighted by molar-refractivity contribution is 0.653. The number of nitrogens with two attached hydrogens (primary N) is 1. The zero-order valence-electron chi connectivity index (χ0n) is 8.91. The average molecular weight is 234 g/mol. The second-order valence-electron chi connectivity index (χ2n) is 3.29. The molecule has 4 nitrogen and oxygen atoms in total. The molecule has 0 fully saturated rings. The summed E-state index contributed by atoms with van der Waals surface area (Å²) in [5.74, 6) is 1.68. The second kappa shape index (κ2) is 5.67. The molecule has 2 aromatic rings. The van der Waals surface area contributed by atoms with Crippen LogP contribution in [-0.4, -0.2) is 20.5 Å². The summed E-state index contributed by atoms with van der Waals surface area (Å²) >= 11 is 1.81. The SMILES string of the molecule is NCc1ncn(CCSc2ccccc2)n1. The molecule has 2 rings (SSSR count). The van der Waals surface area contributed by atoms with Crippen molar-refractivity contribution in [2.75, 3.05) is 5.75 Å². The number of hydrogen-bond donors (Lipinski definition) is 1. The van der Waals surface area contributed by atoms with E-state index in [2.05, 4.69) is 22.2 Å². The Bertz CT molecular complexity index is 427.